The molecular weight excluding hydrogens is 475 g/mol. The Morgan fingerprint density at radius 1 is 1.29 bits per heavy atom. The number of alkyl halides is 2. The van der Waals surface area contributed by atoms with Crippen LogP contribution in [0.15, 0.2) is 46.6 Å². The highest BCUT2D eigenvalue weighted by molar-refractivity contribution is 6.29. The zero-order chi connectivity index (χ0) is 24.5. The van der Waals surface area contributed by atoms with Crippen molar-refractivity contribution < 1.29 is 23.8 Å². The molecule has 0 aromatic carbocycles. The number of aliphatic hydroxyl groups excluding tert-OH is 1. The fourth-order valence-corrected chi connectivity index (χ4v) is 8.95. The quantitative estimate of drug-likeness (QED) is 0.322. The van der Waals surface area contributed by atoms with Crippen molar-refractivity contribution in [2.45, 2.75) is 69.5 Å². The van der Waals surface area contributed by atoms with Crippen LogP contribution >= 0.6 is 23.2 Å². The molecule has 1 aromatic heterocycles. The minimum absolute atomic E-state index is 0.0198. The summed E-state index contributed by atoms with van der Waals surface area (Å²) in [5.41, 5.74) is -1.48. The standard InChI is InChI=1S/C27H32Cl2O5/c1-16-13-19-18-10-9-17-7-4-5-11-24(17,2)26(18,29)21(30)14-25(19,3)27(16,22(31)15-28)34-23(32)20-8-6-12-33-20/h5-8,11-12,16,18-19,21,30H,4,9-10,13-15H2,1-3H3/t16-,18+,19+,21+,24+,25+,26+,27+/m1/s1. The van der Waals surface area contributed by atoms with Gasteiger partial charge in [-0.25, -0.2) is 4.79 Å². The zero-order valence-electron chi connectivity index (χ0n) is 19.9. The predicted molar refractivity (Wildman–Crippen MR) is 130 cm³/mol. The van der Waals surface area contributed by atoms with Crippen molar-refractivity contribution in [1.82, 2.24) is 0 Å². The van der Waals surface area contributed by atoms with E-state index < -0.39 is 33.4 Å². The second kappa shape index (κ2) is 7.97. The number of carbonyl (C=O) groups is 2. The number of carbonyl (C=O) groups excluding carboxylic acids is 2. The summed E-state index contributed by atoms with van der Waals surface area (Å²) in [6, 6.07) is 3.12. The molecule has 5 rings (SSSR count). The maximum Gasteiger partial charge on any atom is 0.375 e. The van der Waals surface area contributed by atoms with Gasteiger partial charge in [0.25, 0.3) is 0 Å². The number of furan rings is 1. The summed E-state index contributed by atoms with van der Waals surface area (Å²) >= 11 is 13.7. The van der Waals surface area contributed by atoms with Crippen molar-refractivity contribution in [2.75, 3.05) is 5.88 Å². The van der Waals surface area contributed by atoms with E-state index in [0.717, 1.165) is 19.3 Å². The lowest BCUT2D eigenvalue weighted by Gasteiger charge is -2.64. The molecule has 1 N–H and O–H groups in total. The summed E-state index contributed by atoms with van der Waals surface area (Å²) in [5.74, 6) is -1.62. The van der Waals surface area contributed by atoms with Crippen LogP contribution in [-0.4, -0.2) is 39.3 Å². The van der Waals surface area contributed by atoms with Gasteiger partial charge in [-0.1, -0.05) is 44.6 Å². The van der Waals surface area contributed by atoms with Crippen molar-refractivity contribution >= 4 is 35.0 Å². The average Bonchev–Trinajstić information content (AvgIpc) is 3.41. The lowest BCUT2D eigenvalue weighted by Crippen LogP contribution is -2.69. The van der Waals surface area contributed by atoms with E-state index in [2.05, 4.69) is 25.2 Å². The van der Waals surface area contributed by atoms with Gasteiger partial charge in [0.1, 0.15) is 0 Å². The number of allylic oxidation sites excluding steroid dienone is 4. The molecule has 4 aliphatic rings. The number of Topliss-reactive ketones (excluding diaryl/α,β-unsaturated/α-hetero) is 1. The van der Waals surface area contributed by atoms with Gasteiger partial charge >= 0.3 is 5.97 Å². The van der Waals surface area contributed by atoms with Gasteiger partial charge in [-0.05, 0) is 56.1 Å². The number of esters is 1. The minimum Gasteiger partial charge on any atom is -0.457 e. The fourth-order valence-electron chi connectivity index (χ4n) is 8.23. The largest absolute Gasteiger partial charge is 0.457 e. The Morgan fingerprint density at radius 3 is 2.74 bits per heavy atom. The van der Waals surface area contributed by atoms with Crippen LogP contribution in [0.25, 0.3) is 0 Å². The molecule has 7 heteroatoms. The van der Waals surface area contributed by atoms with Gasteiger partial charge in [0.2, 0.25) is 5.76 Å². The van der Waals surface area contributed by atoms with E-state index in [1.165, 1.54) is 17.9 Å². The molecule has 3 saturated carbocycles. The molecular formula is C27H32Cl2O5. The highest BCUT2D eigenvalue weighted by Crippen LogP contribution is 2.72. The van der Waals surface area contributed by atoms with Crippen LogP contribution in [0.5, 0.6) is 0 Å². The number of hydrogen-bond acceptors (Lipinski definition) is 5. The van der Waals surface area contributed by atoms with Gasteiger partial charge in [-0.2, -0.15) is 0 Å². The third-order valence-electron chi connectivity index (χ3n) is 9.75. The Kier molecular flexibility index (Phi) is 5.66. The maximum absolute atomic E-state index is 13.6. The van der Waals surface area contributed by atoms with Crippen molar-refractivity contribution in [3.8, 4) is 0 Å². The molecule has 1 heterocycles. The molecule has 0 unspecified atom stereocenters. The van der Waals surface area contributed by atoms with Crippen LogP contribution < -0.4 is 0 Å². The number of hydrogen-bond donors (Lipinski definition) is 1. The first-order valence-corrected chi connectivity index (χ1v) is 13.1. The van der Waals surface area contributed by atoms with Crippen molar-refractivity contribution in [1.29, 1.82) is 0 Å². The van der Waals surface area contributed by atoms with Gasteiger partial charge < -0.3 is 14.3 Å². The second-order valence-corrected chi connectivity index (χ2v) is 11.9. The first-order valence-electron chi connectivity index (χ1n) is 12.2. The fraction of sp³-hybridized carbons (Fsp3) is 0.630. The number of ether oxygens (including phenoxy) is 1. The molecule has 0 bridgehead atoms. The maximum atomic E-state index is 13.6. The zero-order valence-corrected chi connectivity index (χ0v) is 21.4. The summed E-state index contributed by atoms with van der Waals surface area (Å²) in [7, 11) is 0. The van der Waals surface area contributed by atoms with Crippen LogP contribution in [0.1, 0.15) is 63.4 Å². The van der Waals surface area contributed by atoms with Crippen molar-refractivity contribution in [2.24, 2.45) is 28.6 Å². The number of rotatable bonds is 4. The van der Waals surface area contributed by atoms with Crippen LogP contribution in [0, 0.1) is 28.6 Å². The third kappa shape index (κ3) is 2.84. The molecule has 34 heavy (non-hydrogen) atoms. The van der Waals surface area contributed by atoms with Gasteiger partial charge in [-0.15, -0.1) is 23.2 Å². The highest BCUT2D eigenvalue weighted by Gasteiger charge is 2.76. The summed E-state index contributed by atoms with van der Waals surface area (Å²) in [6.07, 6.45) is 10.5. The molecule has 4 aliphatic carbocycles. The topological polar surface area (TPSA) is 76.7 Å². The number of fused-ring (bicyclic) bond motifs is 5. The van der Waals surface area contributed by atoms with Gasteiger partial charge in [-0.3, -0.25) is 4.79 Å². The second-order valence-electron chi connectivity index (χ2n) is 11.0. The Morgan fingerprint density at radius 2 is 2.06 bits per heavy atom. The third-order valence-corrected chi connectivity index (χ3v) is 10.9. The molecule has 184 valence electrons. The molecule has 0 amide bonds. The first-order chi connectivity index (χ1) is 16.1. The lowest BCUT2D eigenvalue weighted by atomic mass is 9.45. The van der Waals surface area contributed by atoms with Crippen LogP contribution in [0.4, 0.5) is 0 Å². The number of ketones is 1. The number of aliphatic hydroxyl groups is 1. The van der Waals surface area contributed by atoms with E-state index in [1.807, 2.05) is 13.8 Å². The first kappa shape index (κ1) is 24.1. The van der Waals surface area contributed by atoms with Gasteiger partial charge in [0, 0.05) is 16.7 Å². The monoisotopic (exact) mass is 506 g/mol. The molecule has 0 radical (unpaired) electrons. The summed E-state index contributed by atoms with van der Waals surface area (Å²) in [4.78, 5) is 25.8. The lowest BCUT2D eigenvalue weighted by molar-refractivity contribution is -0.177. The summed E-state index contributed by atoms with van der Waals surface area (Å²) in [5, 5.41) is 11.8. The molecule has 8 atom stereocenters. The summed E-state index contributed by atoms with van der Waals surface area (Å²) in [6.45, 7) is 6.05. The van der Waals surface area contributed by atoms with E-state index in [-0.39, 0.29) is 41.6 Å². The minimum atomic E-state index is -1.47. The molecule has 1 aromatic rings. The Balaban J connectivity index is 1.61. The smallest absolute Gasteiger partial charge is 0.375 e. The Labute approximate surface area is 210 Å². The molecule has 3 fully saturated rings. The van der Waals surface area contributed by atoms with E-state index in [4.69, 9.17) is 32.4 Å². The van der Waals surface area contributed by atoms with E-state index >= 15 is 0 Å². The van der Waals surface area contributed by atoms with Crippen molar-refractivity contribution in [3.05, 3.63) is 48.0 Å². The SMILES string of the molecule is C[C@@H]1C[C@H]2[C@@H]3CCC4=CCC=C[C@]4(C)[C@@]3(Cl)[C@@H](O)C[C@]2(C)[C@@]1(OC(=O)c1ccco1)C(=O)CCl. The van der Waals surface area contributed by atoms with E-state index in [9.17, 15) is 14.7 Å². The van der Waals surface area contributed by atoms with E-state index in [0.29, 0.717) is 6.42 Å². The Bertz CT molecular complexity index is 1060. The highest BCUT2D eigenvalue weighted by atomic mass is 35.5. The van der Waals surface area contributed by atoms with Crippen LogP contribution in [0.3, 0.4) is 0 Å². The molecule has 5 nitrogen and oxygen atoms in total. The van der Waals surface area contributed by atoms with Gasteiger partial charge in [0.15, 0.2) is 11.4 Å². The molecule has 0 saturated heterocycles. The summed E-state index contributed by atoms with van der Waals surface area (Å²) < 4.78 is 11.4. The van der Waals surface area contributed by atoms with Crippen LogP contribution in [0.2, 0.25) is 0 Å². The van der Waals surface area contributed by atoms with Crippen LogP contribution in [-0.2, 0) is 9.53 Å². The predicted octanol–water partition coefficient (Wildman–Crippen LogP) is 5.69. The molecule has 0 aliphatic heterocycles. The number of halogens is 2. The Hall–Kier alpha value is -1.56. The average molecular weight is 507 g/mol. The van der Waals surface area contributed by atoms with Crippen molar-refractivity contribution in [3.63, 3.8) is 0 Å². The van der Waals surface area contributed by atoms with Gasteiger partial charge in [0.05, 0.1) is 23.1 Å². The molecule has 0 spiro atoms. The normalized spacial score (nSPS) is 45.1. The van der Waals surface area contributed by atoms with E-state index in [1.54, 1.807) is 6.07 Å².